The van der Waals surface area contributed by atoms with E-state index in [1.807, 2.05) is 13.8 Å². The first kappa shape index (κ1) is 14.0. The molecule has 1 heterocycles. The van der Waals surface area contributed by atoms with Crippen LogP contribution in [0.5, 0.6) is 0 Å². The van der Waals surface area contributed by atoms with Crippen molar-refractivity contribution in [1.29, 1.82) is 0 Å². The number of carbonyl (C=O) groups is 1. The molecule has 0 atom stereocenters. The number of aryl methyl sites for hydroxylation is 1. The van der Waals surface area contributed by atoms with Crippen LogP contribution >= 0.6 is 11.3 Å². The van der Waals surface area contributed by atoms with Crippen LogP contribution in [0.1, 0.15) is 43.7 Å². The lowest BCUT2D eigenvalue weighted by Gasteiger charge is -2.10. The van der Waals surface area contributed by atoms with Gasteiger partial charge in [-0.1, -0.05) is 13.8 Å². The highest BCUT2D eigenvalue weighted by Gasteiger charge is 2.14. The lowest BCUT2D eigenvalue weighted by atomic mass is 10.1. The van der Waals surface area contributed by atoms with Gasteiger partial charge in [0.2, 0.25) is 0 Å². The minimum absolute atomic E-state index is 0.112. The fourth-order valence-corrected chi connectivity index (χ4v) is 3.10. The minimum Gasteiger partial charge on any atom is -0.336 e. The molecule has 0 radical (unpaired) electrons. The minimum atomic E-state index is -0.112. The molecule has 17 heavy (non-hydrogen) atoms. The Kier molecular flexibility index (Phi) is 5.00. The van der Waals surface area contributed by atoms with Gasteiger partial charge in [0.1, 0.15) is 5.00 Å². The summed E-state index contributed by atoms with van der Waals surface area (Å²) in [5.41, 5.74) is 2.60. The maximum atomic E-state index is 11.7. The molecular weight excluding hydrogens is 232 g/mol. The monoisotopic (exact) mass is 254 g/mol. The predicted octanol–water partition coefficient (Wildman–Crippen LogP) is 3.71. The van der Waals surface area contributed by atoms with E-state index in [-0.39, 0.29) is 12.1 Å². The Morgan fingerprint density at radius 2 is 1.94 bits per heavy atom. The van der Waals surface area contributed by atoms with Crippen LogP contribution in [0.15, 0.2) is 0 Å². The molecule has 0 aliphatic rings. The lowest BCUT2D eigenvalue weighted by Crippen LogP contribution is -2.34. The van der Waals surface area contributed by atoms with E-state index in [0.29, 0.717) is 0 Å². The lowest BCUT2D eigenvalue weighted by molar-refractivity contribution is 0.250. The third-order valence-electron chi connectivity index (χ3n) is 2.69. The molecule has 2 amide bonds. The standard InChI is InChI=1S/C13H22N2OS/c1-6-10-9(5)11(7-2)17-12(10)15-13(16)14-8(3)4/h8H,6-7H2,1-5H3,(H2,14,15,16). The van der Waals surface area contributed by atoms with Gasteiger partial charge in [0.15, 0.2) is 0 Å². The van der Waals surface area contributed by atoms with Gasteiger partial charge in [0, 0.05) is 10.9 Å². The van der Waals surface area contributed by atoms with Crippen LogP contribution < -0.4 is 10.6 Å². The van der Waals surface area contributed by atoms with Crippen LogP contribution in [-0.2, 0) is 12.8 Å². The first-order chi connectivity index (χ1) is 7.99. The largest absolute Gasteiger partial charge is 0.336 e. The second-order valence-corrected chi connectivity index (χ2v) is 5.52. The van der Waals surface area contributed by atoms with E-state index in [1.54, 1.807) is 11.3 Å². The first-order valence-electron chi connectivity index (χ1n) is 6.18. The molecule has 2 N–H and O–H groups in total. The maximum Gasteiger partial charge on any atom is 0.320 e. The topological polar surface area (TPSA) is 41.1 Å². The normalized spacial score (nSPS) is 10.7. The molecule has 0 aliphatic carbocycles. The fourth-order valence-electron chi connectivity index (χ4n) is 1.87. The average molecular weight is 254 g/mol. The highest BCUT2D eigenvalue weighted by Crippen LogP contribution is 2.33. The molecule has 1 aromatic rings. The van der Waals surface area contributed by atoms with Crippen LogP contribution in [0.2, 0.25) is 0 Å². The van der Waals surface area contributed by atoms with Gasteiger partial charge in [-0.25, -0.2) is 4.79 Å². The number of urea groups is 1. The van der Waals surface area contributed by atoms with Crippen LogP contribution in [0.3, 0.4) is 0 Å². The second kappa shape index (κ2) is 6.05. The molecule has 0 aliphatic heterocycles. The van der Waals surface area contributed by atoms with Crippen molar-refractivity contribution in [3.63, 3.8) is 0 Å². The first-order valence-corrected chi connectivity index (χ1v) is 6.99. The van der Waals surface area contributed by atoms with Crippen molar-refractivity contribution < 1.29 is 4.79 Å². The van der Waals surface area contributed by atoms with Crippen LogP contribution in [0.25, 0.3) is 0 Å². The van der Waals surface area contributed by atoms with Gasteiger partial charge in [0.25, 0.3) is 0 Å². The fraction of sp³-hybridized carbons (Fsp3) is 0.615. The van der Waals surface area contributed by atoms with Gasteiger partial charge in [-0.05, 0) is 44.7 Å². The van der Waals surface area contributed by atoms with Crippen molar-refractivity contribution in [2.75, 3.05) is 5.32 Å². The summed E-state index contributed by atoms with van der Waals surface area (Å²) in [6, 6.07) is 0.0467. The number of rotatable bonds is 4. The number of carbonyl (C=O) groups excluding carboxylic acids is 1. The van der Waals surface area contributed by atoms with E-state index < -0.39 is 0 Å². The summed E-state index contributed by atoms with van der Waals surface area (Å²) >= 11 is 1.69. The van der Waals surface area contributed by atoms with Crippen LogP contribution in [-0.4, -0.2) is 12.1 Å². The van der Waals surface area contributed by atoms with Crippen LogP contribution in [0.4, 0.5) is 9.80 Å². The highest BCUT2D eigenvalue weighted by atomic mass is 32.1. The Labute approximate surface area is 108 Å². The molecular formula is C13H22N2OS. The van der Waals surface area contributed by atoms with Gasteiger partial charge in [-0.3, -0.25) is 5.32 Å². The van der Waals surface area contributed by atoms with Gasteiger partial charge in [-0.15, -0.1) is 11.3 Å². The van der Waals surface area contributed by atoms with Crippen molar-refractivity contribution in [2.45, 2.75) is 53.5 Å². The summed E-state index contributed by atoms with van der Waals surface area (Å²) in [5.74, 6) is 0. The summed E-state index contributed by atoms with van der Waals surface area (Å²) in [6.07, 6.45) is 1.98. The number of hydrogen-bond donors (Lipinski definition) is 2. The Morgan fingerprint density at radius 1 is 1.29 bits per heavy atom. The van der Waals surface area contributed by atoms with Crippen molar-refractivity contribution >= 4 is 22.4 Å². The van der Waals surface area contributed by atoms with E-state index in [1.165, 1.54) is 16.0 Å². The third-order valence-corrected chi connectivity index (χ3v) is 4.09. The molecule has 0 spiro atoms. The summed E-state index contributed by atoms with van der Waals surface area (Å²) < 4.78 is 0. The Hall–Kier alpha value is -1.03. The van der Waals surface area contributed by atoms with E-state index in [0.717, 1.165) is 17.8 Å². The molecule has 0 saturated heterocycles. The Bertz CT molecular complexity index is 396. The van der Waals surface area contributed by atoms with E-state index in [4.69, 9.17) is 0 Å². The van der Waals surface area contributed by atoms with Crippen molar-refractivity contribution in [3.8, 4) is 0 Å². The summed E-state index contributed by atoms with van der Waals surface area (Å²) in [6.45, 7) is 10.3. The second-order valence-electron chi connectivity index (χ2n) is 4.42. The smallest absolute Gasteiger partial charge is 0.320 e. The summed E-state index contributed by atoms with van der Waals surface area (Å²) in [7, 11) is 0. The van der Waals surface area contributed by atoms with Crippen molar-refractivity contribution in [3.05, 3.63) is 16.0 Å². The molecule has 96 valence electrons. The predicted molar refractivity (Wildman–Crippen MR) is 75.1 cm³/mol. The maximum absolute atomic E-state index is 11.7. The van der Waals surface area contributed by atoms with E-state index in [2.05, 4.69) is 31.4 Å². The molecule has 0 saturated carbocycles. The number of hydrogen-bond acceptors (Lipinski definition) is 2. The number of nitrogens with one attached hydrogen (secondary N) is 2. The van der Waals surface area contributed by atoms with E-state index >= 15 is 0 Å². The van der Waals surface area contributed by atoms with Gasteiger partial charge in [0.05, 0.1) is 0 Å². The number of thiophene rings is 1. The molecule has 3 nitrogen and oxygen atoms in total. The molecule has 0 bridgehead atoms. The van der Waals surface area contributed by atoms with Gasteiger partial charge in [-0.2, -0.15) is 0 Å². The average Bonchev–Trinajstić information content (AvgIpc) is 2.53. The van der Waals surface area contributed by atoms with E-state index in [9.17, 15) is 4.79 Å². The van der Waals surface area contributed by atoms with Crippen LogP contribution in [0, 0.1) is 6.92 Å². The molecule has 4 heteroatoms. The number of anilines is 1. The zero-order valence-corrected chi connectivity index (χ0v) is 12.1. The van der Waals surface area contributed by atoms with Gasteiger partial charge < -0.3 is 5.32 Å². The summed E-state index contributed by atoms with van der Waals surface area (Å²) in [4.78, 5) is 13.0. The molecule has 0 unspecified atom stereocenters. The zero-order chi connectivity index (χ0) is 13.0. The quantitative estimate of drug-likeness (QED) is 0.845. The molecule has 1 rings (SSSR count). The SMILES string of the molecule is CCc1sc(NC(=O)NC(C)C)c(CC)c1C. The Morgan fingerprint density at radius 3 is 2.41 bits per heavy atom. The molecule has 1 aromatic heterocycles. The number of amides is 2. The highest BCUT2D eigenvalue weighted by molar-refractivity contribution is 7.16. The summed E-state index contributed by atoms with van der Waals surface area (Å²) in [5, 5.41) is 6.80. The molecule has 0 fully saturated rings. The van der Waals surface area contributed by atoms with Crippen molar-refractivity contribution in [1.82, 2.24) is 5.32 Å². The molecule has 0 aromatic carbocycles. The van der Waals surface area contributed by atoms with Gasteiger partial charge >= 0.3 is 6.03 Å². The Balaban J connectivity index is 2.87. The van der Waals surface area contributed by atoms with Crippen molar-refractivity contribution in [2.24, 2.45) is 0 Å². The zero-order valence-electron chi connectivity index (χ0n) is 11.3. The third kappa shape index (κ3) is 3.46.